The third-order valence-corrected chi connectivity index (χ3v) is 3.63. The molecule has 0 aliphatic carbocycles. The fourth-order valence-corrected chi connectivity index (χ4v) is 2.38. The molecule has 5 nitrogen and oxygen atoms in total. The van der Waals surface area contributed by atoms with Gasteiger partial charge in [0, 0.05) is 6.92 Å². The topological polar surface area (TPSA) is 68.3 Å². The monoisotopic (exact) mass is 344 g/mol. The lowest BCUT2D eigenvalue weighted by Gasteiger charge is -2.09. The molecular weight excluding hydrogens is 333 g/mol. The molecule has 1 heterocycles. The molecule has 0 atom stereocenters. The molecule has 1 aromatic carbocycles. The Hall–Kier alpha value is -2.42. The van der Waals surface area contributed by atoms with Gasteiger partial charge in [-0.3, -0.25) is 9.59 Å². The number of nitrogens with zero attached hydrogens (tertiary/aromatic N) is 1. The standard InChI is InChI=1S/C14H11F3N2O3S/c1-8(20)11-7-18-13(23-11)19-12(21)6-9-2-4-10(5-3-9)22-14(15,16)17/h2-5,7H,6H2,1H3,(H,18,19,21). The van der Waals surface area contributed by atoms with Gasteiger partial charge in [0.25, 0.3) is 0 Å². The van der Waals surface area contributed by atoms with Crippen molar-refractivity contribution in [3.05, 3.63) is 40.9 Å². The largest absolute Gasteiger partial charge is 0.573 e. The number of nitrogens with one attached hydrogen (secondary N) is 1. The Morgan fingerprint density at radius 2 is 1.91 bits per heavy atom. The fourth-order valence-electron chi connectivity index (χ4n) is 1.65. The minimum absolute atomic E-state index is 0.0404. The summed E-state index contributed by atoms with van der Waals surface area (Å²) < 4.78 is 39.9. The Kier molecular flexibility index (Phi) is 4.99. The Morgan fingerprint density at radius 3 is 2.43 bits per heavy atom. The average molecular weight is 344 g/mol. The van der Waals surface area contributed by atoms with E-state index in [0.29, 0.717) is 10.4 Å². The minimum Gasteiger partial charge on any atom is -0.406 e. The zero-order chi connectivity index (χ0) is 17.0. The van der Waals surface area contributed by atoms with Gasteiger partial charge in [0.2, 0.25) is 5.91 Å². The number of anilines is 1. The van der Waals surface area contributed by atoms with Crippen LogP contribution in [-0.4, -0.2) is 23.0 Å². The van der Waals surface area contributed by atoms with Crippen LogP contribution in [0, 0.1) is 0 Å². The van der Waals surface area contributed by atoms with E-state index in [1.165, 1.54) is 25.3 Å². The zero-order valence-corrected chi connectivity index (χ0v) is 12.6. The summed E-state index contributed by atoms with van der Waals surface area (Å²) in [6.45, 7) is 1.39. The summed E-state index contributed by atoms with van der Waals surface area (Å²) in [4.78, 5) is 27.3. The molecule has 1 amide bonds. The van der Waals surface area contributed by atoms with Crippen LogP contribution in [0.1, 0.15) is 22.2 Å². The van der Waals surface area contributed by atoms with Crippen LogP contribution in [0.15, 0.2) is 30.5 Å². The molecule has 0 bridgehead atoms. The van der Waals surface area contributed by atoms with E-state index in [-0.39, 0.29) is 29.0 Å². The highest BCUT2D eigenvalue weighted by Gasteiger charge is 2.30. The molecule has 0 saturated carbocycles. The van der Waals surface area contributed by atoms with Crippen LogP contribution < -0.4 is 10.1 Å². The molecule has 0 saturated heterocycles. The van der Waals surface area contributed by atoms with Gasteiger partial charge in [-0.2, -0.15) is 0 Å². The van der Waals surface area contributed by atoms with E-state index in [1.54, 1.807) is 0 Å². The first kappa shape index (κ1) is 16.9. The Bertz CT molecular complexity index is 711. The maximum atomic E-state index is 12.0. The normalized spacial score (nSPS) is 11.1. The number of hydrogen-bond donors (Lipinski definition) is 1. The number of Topliss-reactive ketones (excluding diaryl/α,β-unsaturated/α-hetero) is 1. The van der Waals surface area contributed by atoms with Crippen molar-refractivity contribution in [1.82, 2.24) is 4.98 Å². The summed E-state index contributed by atoms with van der Waals surface area (Å²) in [6, 6.07) is 4.99. The molecule has 2 aromatic rings. The zero-order valence-electron chi connectivity index (χ0n) is 11.8. The van der Waals surface area contributed by atoms with Crippen molar-refractivity contribution in [1.29, 1.82) is 0 Å². The molecular formula is C14H11F3N2O3S. The number of hydrogen-bond acceptors (Lipinski definition) is 5. The first-order chi connectivity index (χ1) is 10.7. The second-order valence-electron chi connectivity index (χ2n) is 4.50. The minimum atomic E-state index is -4.75. The highest BCUT2D eigenvalue weighted by molar-refractivity contribution is 7.17. The lowest BCUT2D eigenvalue weighted by atomic mass is 10.1. The smallest absolute Gasteiger partial charge is 0.406 e. The lowest BCUT2D eigenvalue weighted by Crippen LogP contribution is -2.17. The SMILES string of the molecule is CC(=O)c1cnc(NC(=O)Cc2ccc(OC(F)(F)F)cc2)s1. The van der Waals surface area contributed by atoms with E-state index >= 15 is 0 Å². The quantitative estimate of drug-likeness (QED) is 0.844. The van der Waals surface area contributed by atoms with E-state index in [9.17, 15) is 22.8 Å². The Balaban J connectivity index is 1.93. The van der Waals surface area contributed by atoms with Crippen LogP contribution in [0.2, 0.25) is 0 Å². The molecule has 0 aliphatic rings. The van der Waals surface area contributed by atoms with Crippen molar-refractivity contribution >= 4 is 28.2 Å². The number of ether oxygens (including phenoxy) is 1. The summed E-state index contributed by atoms with van der Waals surface area (Å²) in [5.41, 5.74) is 0.514. The number of carbonyl (C=O) groups is 2. The molecule has 1 N–H and O–H groups in total. The van der Waals surface area contributed by atoms with Crippen molar-refractivity contribution in [2.24, 2.45) is 0 Å². The summed E-state index contributed by atoms with van der Waals surface area (Å²) in [6.07, 6.45) is -3.43. The second kappa shape index (κ2) is 6.78. The molecule has 0 spiro atoms. The number of amides is 1. The van der Waals surface area contributed by atoms with Crippen LogP contribution >= 0.6 is 11.3 Å². The Morgan fingerprint density at radius 1 is 1.26 bits per heavy atom. The van der Waals surface area contributed by atoms with Crippen molar-refractivity contribution in [3.8, 4) is 5.75 Å². The third-order valence-electron chi connectivity index (χ3n) is 2.62. The van der Waals surface area contributed by atoms with Crippen LogP contribution in [0.3, 0.4) is 0 Å². The number of benzene rings is 1. The van der Waals surface area contributed by atoms with E-state index < -0.39 is 6.36 Å². The van der Waals surface area contributed by atoms with Gasteiger partial charge >= 0.3 is 6.36 Å². The summed E-state index contributed by atoms with van der Waals surface area (Å²) in [7, 11) is 0. The van der Waals surface area contributed by atoms with Crippen LogP contribution in [0.25, 0.3) is 0 Å². The van der Waals surface area contributed by atoms with Gasteiger partial charge in [-0.05, 0) is 17.7 Å². The van der Waals surface area contributed by atoms with Crippen molar-refractivity contribution in [2.75, 3.05) is 5.32 Å². The molecule has 0 unspecified atom stereocenters. The fraction of sp³-hybridized carbons (Fsp3) is 0.214. The van der Waals surface area contributed by atoms with Crippen LogP contribution in [0.4, 0.5) is 18.3 Å². The van der Waals surface area contributed by atoms with E-state index in [2.05, 4.69) is 15.0 Å². The summed E-state index contributed by atoms with van der Waals surface area (Å²) >= 11 is 1.05. The van der Waals surface area contributed by atoms with E-state index in [1.807, 2.05) is 0 Å². The second-order valence-corrected chi connectivity index (χ2v) is 5.53. The number of thiazole rings is 1. The first-order valence-corrected chi connectivity index (χ1v) is 7.16. The van der Waals surface area contributed by atoms with E-state index in [4.69, 9.17) is 0 Å². The van der Waals surface area contributed by atoms with Crippen molar-refractivity contribution in [3.63, 3.8) is 0 Å². The predicted octanol–water partition coefficient (Wildman–Crippen LogP) is 3.43. The van der Waals surface area contributed by atoms with Gasteiger partial charge in [0.1, 0.15) is 5.75 Å². The van der Waals surface area contributed by atoms with Gasteiger partial charge in [-0.25, -0.2) is 4.98 Å². The van der Waals surface area contributed by atoms with Crippen molar-refractivity contribution in [2.45, 2.75) is 19.7 Å². The molecule has 122 valence electrons. The molecule has 0 fully saturated rings. The molecule has 2 rings (SSSR count). The molecule has 0 radical (unpaired) electrons. The maximum Gasteiger partial charge on any atom is 0.573 e. The third kappa shape index (κ3) is 5.37. The highest BCUT2D eigenvalue weighted by atomic mass is 32.1. The number of alkyl halides is 3. The molecule has 9 heteroatoms. The summed E-state index contributed by atoms with van der Waals surface area (Å²) in [5.74, 6) is -0.894. The van der Waals surface area contributed by atoms with Gasteiger partial charge in [0.15, 0.2) is 10.9 Å². The Labute approximate surface area is 133 Å². The maximum absolute atomic E-state index is 12.0. The van der Waals surface area contributed by atoms with Gasteiger partial charge in [-0.15, -0.1) is 13.2 Å². The first-order valence-electron chi connectivity index (χ1n) is 6.34. The van der Waals surface area contributed by atoms with Crippen molar-refractivity contribution < 1.29 is 27.5 Å². The predicted molar refractivity (Wildman–Crippen MR) is 77.6 cm³/mol. The van der Waals surface area contributed by atoms with Gasteiger partial charge < -0.3 is 10.1 Å². The number of halogens is 3. The van der Waals surface area contributed by atoms with Gasteiger partial charge in [-0.1, -0.05) is 23.5 Å². The molecule has 23 heavy (non-hydrogen) atoms. The molecule has 1 aromatic heterocycles. The van der Waals surface area contributed by atoms with Crippen LogP contribution in [-0.2, 0) is 11.2 Å². The molecule has 0 aliphatic heterocycles. The summed E-state index contributed by atoms with van der Waals surface area (Å²) in [5, 5.41) is 2.81. The lowest BCUT2D eigenvalue weighted by molar-refractivity contribution is -0.274. The average Bonchev–Trinajstić information content (AvgIpc) is 2.88. The number of carbonyl (C=O) groups excluding carboxylic acids is 2. The van der Waals surface area contributed by atoms with Gasteiger partial charge in [0.05, 0.1) is 17.5 Å². The highest BCUT2D eigenvalue weighted by Crippen LogP contribution is 2.23. The van der Waals surface area contributed by atoms with Crippen LogP contribution in [0.5, 0.6) is 5.75 Å². The van der Waals surface area contributed by atoms with E-state index in [0.717, 1.165) is 23.5 Å². The number of rotatable bonds is 5. The number of aromatic nitrogens is 1. The number of ketones is 1.